The average Bonchev–Trinajstić information content (AvgIpc) is 3.33. The highest BCUT2D eigenvalue weighted by Crippen LogP contribution is 2.28. The van der Waals surface area contributed by atoms with E-state index >= 15 is 0 Å². The second-order valence-corrected chi connectivity index (χ2v) is 6.37. The van der Waals surface area contributed by atoms with Gasteiger partial charge in [-0.3, -0.25) is 9.36 Å². The second-order valence-electron chi connectivity index (χ2n) is 6.37. The smallest absolute Gasteiger partial charge is 0.338 e. The molecule has 0 radical (unpaired) electrons. The van der Waals surface area contributed by atoms with Crippen molar-refractivity contribution < 1.29 is 18.7 Å². The van der Waals surface area contributed by atoms with Gasteiger partial charge in [-0.15, -0.1) is 0 Å². The van der Waals surface area contributed by atoms with Gasteiger partial charge in [0.05, 0.1) is 16.6 Å². The minimum atomic E-state index is -0.590. The number of carbonyl (C=O) groups is 2. The first kappa shape index (κ1) is 16.3. The summed E-state index contributed by atoms with van der Waals surface area (Å²) in [4.78, 5) is 29.3. The van der Waals surface area contributed by atoms with Crippen LogP contribution in [0.5, 0.6) is 0 Å². The molecule has 0 fully saturated rings. The summed E-state index contributed by atoms with van der Waals surface area (Å²) in [6.07, 6.45) is 1.31. The predicted octanol–water partition coefficient (Wildman–Crippen LogP) is 4.43. The third-order valence-corrected chi connectivity index (χ3v) is 4.72. The van der Waals surface area contributed by atoms with Crippen molar-refractivity contribution in [2.24, 2.45) is 0 Å². The van der Waals surface area contributed by atoms with Gasteiger partial charge in [-0.1, -0.05) is 36.4 Å². The van der Waals surface area contributed by atoms with Gasteiger partial charge in [0, 0.05) is 10.8 Å². The Morgan fingerprint density at radius 2 is 1.61 bits per heavy atom. The number of oxazole rings is 1. The molecule has 5 aromatic rings. The Morgan fingerprint density at radius 1 is 0.929 bits per heavy atom. The van der Waals surface area contributed by atoms with Gasteiger partial charge in [0.25, 0.3) is 5.91 Å². The molecule has 136 valence electrons. The molecule has 0 saturated heterocycles. The number of hydrogen-bond donors (Lipinski definition) is 0. The number of rotatable bonds is 3. The van der Waals surface area contributed by atoms with E-state index in [1.54, 1.807) is 22.8 Å². The first-order chi connectivity index (χ1) is 13.7. The van der Waals surface area contributed by atoms with E-state index in [4.69, 9.17) is 9.15 Å². The van der Waals surface area contributed by atoms with E-state index in [0.717, 1.165) is 21.8 Å². The van der Waals surface area contributed by atoms with Crippen LogP contribution >= 0.6 is 0 Å². The highest BCUT2D eigenvalue weighted by atomic mass is 16.5. The average molecular weight is 370 g/mol. The Labute approximate surface area is 158 Å². The quantitative estimate of drug-likeness (QED) is 0.439. The van der Waals surface area contributed by atoms with E-state index in [9.17, 15) is 9.59 Å². The van der Waals surface area contributed by atoms with Crippen molar-refractivity contribution >= 4 is 44.8 Å². The maximum atomic E-state index is 12.9. The van der Waals surface area contributed by atoms with Crippen molar-refractivity contribution in [1.29, 1.82) is 0 Å². The predicted molar refractivity (Wildman–Crippen MR) is 104 cm³/mol. The summed E-state index contributed by atoms with van der Waals surface area (Å²) >= 11 is 0. The summed E-state index contributed by atoms with van der Waals surface area (Å²) in [7, 11) is 0. The fourth-order valence-electron chi connectivity index (χ4n) is 3.45. The van der Waals surface area contributed by atoms with Crippen LogP contribution in [0.2, 0.25) is 0 Å². The molecule has 0 spiro atoms. The molecular weight excluding hydrogens is 356 g/mol. The zero-order valence-corrected chi connectivity index (χ0v) is 14.7. The first-order valence-electron chi connectivity index (χ1n) is 8.74. The molecule has 5 rings (SSSR count). The zero-order chi connectivity index (χ0) is 19.1. The third-order valence-electron chi connectivity index (χ3n) is 4.72. The van der Waals surface area contributed by atoms with E-state index in [1.807, 2.05) is 48.5 Å². The van der Waals surface area contributed by atoms with Crippen molar-refractivity contribution in [3.63, 3.8) is 0 Å². The van der Waals surface area contributed by atoms with Crippen LogP contribution in [0.25, 0.3) is 32.9 Å². The molecule has 6 nitrogen and oxygen atoms in total. The maximum Gasteiger partial charge on any atom is 0.338 e. The fraction of sp³-hybridized carbons (Fsp3) is 0.0455. The number of carbonyl (C=O) groups excluding carboxylic acids is 2. The number of aromatic nitrogens is 2. The summed E-state index contributed by atoms with van der Waals surface area (Å²) in [5, 5.41) is 1.96. The molecule has 0 amide bonds. The van der Waals surface area contributed by atoms with Gasteiger partial charge < -0.3 is 9.15 Å². The Kier molecular flexibility index (Phi) is 3.69. The summed E-state index contributed by atoms with van der Waals surface area (Å²) in [6, 6.07) is 20.2. The van der Waals surface area contributed by atoms with Gasteiger partial charge in [0.1, 0.15) is 5.52 Å². The lowest BCUT2D eigenvalue weighted by atomic mass is 10.2. The molecule has 0 saturated carbocycles. The molecular formula is C22H14N2O4. The Hall–Kier alpha value is -3.93. The number of fused-ring (bicyclic) bond motifs is 4. The minimum Gasteiger partial charge on any atom is -0.452 e. The van der Waals surface area contributed by atoms with Crippen molar-refractivity contribution in [2.45, 2.75) is 0 Å². The van der Waals surface area contributed by atoms with Crippen LogP contribution < -0.4 is 0 Å². The van der Waals surface area contributed by atoms with E-state index in [-0.39, 0.29) is 12.5 Å². The van der Waals surface area contributed by atoms with Crippen molar-refractivity contribution in [3.8, 4) is 0 Å². The van der Waals surface area contributed by atoms with Crippen LogP contribution in [0.1, 0.15) is 15.2 Å². The molecule has 0 aliphatic heterocycles. The number of hydrogen-bond acceptors (Lipinski definition) is 5. The van der Waals surface area contributed by atoms with Crippen molar-refractivity contribution in [1.82, 2.24) is 9.55 Å². The van der Waals surface area contributed by atoms with E-state index in [2.05, 4.69) is 4.98 Å². The number of ether oxygens (including phenoxy) is 1. The van der Waals surface area contributed by atoms with Crippen molar-refractivity contribution in [2.75, 3.05) is 6.61 Å². The Morgan fingerprint density at radius 3 is 2.32 bits per heavy atom. The van der Waals surface area contributed by atoms with Gasteiger partial charge in [-0.05, 0) is 30.3 Å². The topological polar surface area (TPSA) is 74.3 Å². The van der Waals surface area contributed by atoms with Crippen LogP contribution in [-0.2, 0) is 4.74 Å². The lowest BCUT2D eigenvalue weighted by Crippen LogP contribution is -2.20. The number of benzene rings is 3. The molecule has 0 atom stereocenters. The molecule has 0 bridgehead atoms. The molecule has 0 aliphatic carbocycles. The van der Waals surface area contributed by atoms with Crippen LogP contribution in [0, 0.1) is 0 Å². The Bertz CT molecular complexity index is 1310. The lowest BCUT2D eigenvalue weighted by Gasteiger charge is -2.07. The monoisotopic (exact) mass is 370 g/mol. The third kappa shape index (κ3) is 2.54. The van der Waals surface area contributed by atoms with E-state index < -0.39 is 5.97 Å². The second kappa shape index (κ2) is 6.35. The highest BCUT2D eigenvalue weighted by Gasteiger charge is 2.18. The maximum absolute atomic E-state index is 12.9. The molecule has 28 heavy (non-hydrogen) atoms. The zero-order valence-electron chi connectivity index (χ0n) is 14.7. The SMILES string of the molecule is O=C(OCC(=O)n1c2ccccc2c2ccccc21)c1ccc2ncoc2c1. The van der Waals surface area contributed by atoms with Gasteiger partial charge >= 0.3 is 5.97 Å². The largest absolute Gasteiger partial charge is 0.452 e. The number of esters is 1. The summed E-state index contributed by atoms with van der Waals surface area (Å²) < 4.78 is 12.1. The van der Waals surface area contributed by atoms with Gasteiger partial charge in [0.15, 0.2) is 18.6 Å². The molecule has 3 aromatic carbocycles. The first-order valence-corrected chi connectivity index (χ1v) is 8.74. The number of nitrogens with zero attached hydrogens (tertiary/aromatic N) is 2. The van der Waals surface area contributed by atoms with Crippen LogP contribution in [0.3, 0.4) is 0 Å². The van der Waals surface area contributed by atoms with Gasteiger partial charge in [-0.2, -0.15) is 0 Å². The van der Waals surface area contributed by atoms with E-state index in [0.29, 0.717) is 16.7 Å². The highest BCUT2D eigenvalue weighted by molar-refractivity contribution is 6.13. The minimum absolute atomic E-state index is 0.305. The molecule has 0 N–H and O–H groups in total. The summed E-state index contributed by atoms with van der Waals surface area (Å²) in [5.74, 6) is -0.904. The van der Waals surface area contributed by atoms with E-state index in [1.165, 1.54) is 6.39 Å². The van der Waals surface area contributed by atoms with Crippen LogP contribution in [-0.4, -0.2) is 28.0 Å². The normalized spacial score (nSPS) is 11.3. The van der Waals surface area contributed by atoms with Gasteiger partial charge in [0.2, 0.25) is 0 Å². The molecule has 0 unspecified atom stereocenters. The molecule has 2 aromatic heterocycles. The molecule has 2 heterocycles. The lowest BCUT2D eigenvalue weighted by molar-refractivity contribution is 0.0452. The fourth-order valence-corrected chi connectivity index (χ4v) is 3.45. The molecule has 0 aliphatic rings. The standard InChI is InChI=1S/C22H14N2O4/c25-21(12-27-22(26)14-9-10-17-20(11-14)28-13-23-17)24-18-7-3-1-5-15(18)16-6-2-4-8-19(16)24/h1-11,13H,12H2. The van der Waals surface area contributed by atoms with Crippen molar-refractivity contribution in [3.05, 3.63) is 78.7 Å². The van der Waals surface area contributed by atoms with Crippen LogP contribution in [0.15, 0.2) is 77.5 Å². The number of para-hydroxylation sites is 2. The Balaban J connectivity index is 1.44. The van der Waals surface area contributed by atoms with Crippen LogP contribution in [0.4, 0.5) is 0 Å². The summed E-state index contributed by atoms with van der Waals surface area (Å²) in [6.45, 7) is -0.365. The molecule has 6 heteroatoms. The van der Waals surface area contributed by atoms with Gasteiger partial charge in [-0.25, -0.2) is 9.78 Å². The summed E-state index contributed by atoms with van der Waals surface area (Å²) in [5.41, 5.74) is 3.01.